The topological polar surface area (TPSA) is 0 Å². The van der Waals surface area contributed by atoms with Gasteiger partial charge in [-0.15, -0.1) is 0 Å². The van der Waals surface area contributed by atoms with Gasteiger partial charge in [0.1, 0.15) is 0 Å². The minimum absolute atomic E-state index is 0.460. The van der Waals surface area contributed by atoms with E-state index < -0.39 is 0 Å². The van der Waals surface area contributed by atoms with E-state index in [0.717, 1.165) is 17.8 Å². The molecule has 24 heavy (non-hydrogen) atoms. The second-order valence-electron chi connectivity index (χ2n) is 10.0. The molecule has 0 aromatic carbocycles. The molecule has 6 atom stereocenters. The van der Waals surface area contributed by atoms with Crippen LogP contribution in [0.1, 0.15) is 91.4 Å². The van der Waals surface area contributed by atoms with Crippen LogP contribution in [0.4, 0.5) is 0 Å². The van der Waals surface area contributed by atoms with Crippen molar-refractivity contribution in [2.45, 2.75) is 91.4 Å². The Kier molecular flexibility index (Phi) is 3.87. The Morgan fingerprint density at radius 1 is 0.958 bits per heavy atom. The Balaban J connectivity index is 1.77. The third-order valence-electron chi connectivity index (χ3n) is 9.92. The van der Waals surface area contributed by atoms with E-state index in [4.69, 9.17) is 6.58 Å². The van der Waals surface area contributed by atoms with Crippen LogP contribution in [-0.2, 0) is 0 Å². The van der Waals surface area contributed by atoms with Gasteiger partial charge in [0.05, 0.1) is 0 Å². The number of allylic oxidation sites excluding steroid dienone is 2. The van der Waals surface area contributed by atoms with E-state index in [1.165, 1.54) is 70.6 Å². The van der Waals surface area contributed by atoms with Crippen molar-refractivity contribution >= 4 is 0 Å². The Morgan fingerprint density at radius 3 is 2.42 bits per heavy atom. The molecule has 4 saturated carbocycles. The lowest BCUT2D eigenvalue weighted by Crippen LogP contribution is -2.58. The molecule has 0 spiro atoms. The Morgan fingerprint density at radius 2 is 1.71 bits per heavy atom. The van der Waals surface area contributed by atoms with Crippen LogP contribution in [0, 0.1) is 34.0 Å². The number of hydrogen-bond donors (Lipinski definition) is 0. The predicted octanol–water partition coefficient (Wildman–Crippen LogP) is 7.31. The molecule has 0 aromatic heterocycles. The molecule has 4 aliphatic carbocycles. The van der Waals surface area contributed by atoms with Gasteiger partial charge in [0.2, 0.25) is 0 Å². The quantitative estimate of drug-likeness (QED) is 0.467. The third kappa shape index (κ3) is 1.87. The summed E-state index contributed by atoms with van der Waals surface area (Å²) in [6.07, 6.45) is 15.4. The third-order valence-corrected chi connectivity index (χ3v) is 9.92. The van der Waals surface area contributed by atoms with Gasteiger partial charge in [-0.05, 0) is 91.8 Å². The van der Waals surface area contributed by atoms with E-state index in [9.17, 15) is 0 Å². The molecule has 0 heterocycles. The van der Waals surface area contributed by atoms with Crippen molar-refractivity contribution in [1.82, 2.24) is 0 Å². The molecule has 0 aliphatic heterocycles. The highest BCUT2D eigenvalue weighted by molar-refractivity contribution is 5.29. The molecule has 0 radical (unpaired) electrons. The second-order valence-corrected chi connectivity index (χ2v) is 10.0. The van der Waals surface area contributed by atoms with Gasteiger partial charge in [-0.25, -0.2) is 0 Å². The normalized spacial score (nSPS) is 51.0. The first kappa shape index (κ1) is 16.9. The summed E-state index contributed by atoms with van der Waals surface area (Å²) in [4.78, 5) is 0. The maximum Gasteiger partial charge on any atom is -0.00591 e. The van der Waals surface area contributed by atoms with E-state index in [1.54, 1.807) is 11.1 Å². The standard InChI is InChI=1S/C24H38/c1-6-23-14-9-8-13-22(23,5)19-12-15-24(7-2)18(4)10-11-20(24)21(19)17(3)16-23/h19-21H,3-4,6-16H2,1-2,5H3. The van der Waals surface area contributed by atoms with E-state index in [1.807, 2.05) is 0 Å². The van der Waals surface area contributed by atoms with E-state index >= 15 is 0 Å². The summed E-state index contributed by atoms with van der Waals surface area (Å²) >= 11 is 0. The van der Waals surface area contributed by atoms with Crippen molar-refractivity contribution in [2.75, 3.05) is 0 Å². The molecule has 0 nitrogen and oxygen atoms in total. The minimum Gasteiger partial charge on any atom is -0.0995 e. The molecule has 0 N–H and O–H groups in total. The van der Waals surface area contributed by atoms with Gasteiger partial charge in [0.25, 0.3) is 0 Å². The smallest absolute Gasteiger partial charge is 0.00591 e. The first-order valence-electron chi connectivity index (χ1n) is 10.8. The summed E-state index contributed by atoms with van der Waals surface area (Å²) in [7, 11) is 0. The maximum atomic E-state index is 4.73. The van der Waals surface area contributed by atoms with Crippen molar-refractivity contribution in [3.8, 4) is 0 Å². The molecule has 0 amide bonds. The van der Waals surface area contributed by atoms with Gasteiger partial charge in [0.15, 0.2) is 0 Å². The Labute approximate surface area is 150 Å². The highest BCUT2D eigenvalue weighted by Crippen LogP contribution is 2.72. The van der Waals surface area contributed by atoms with E-state index in [2.05, 4.69) is 27.4 Å². The molecule has 4 aliphatic rings. The van der Waals surface area contributed by atoms with Crippen LogP contribution >= 0.6 is 0 Å². The van der Waals surface area contributed by atoms with Gasteiger partial charge in [-0.3, -0.25) is 0 Å². The fraction of sp³-hybridized carbons (Fsp3) is 0.833. The summed E-state index contributed by atoms with van der Waals surface area (Å²) < 4.78 is 0. The number of rotatable bonds is 2. The van der Waals surface area contributed by atoms with Crippen molar-refractivity contribution in [3.05, 3.63) is 24.3 Å². The molecule has 6 unspecified atom stereocenters. The van der Waals surface area contributed by atoms with Gasteiger partial charge < -0.3 is 0 Å². The van der Waals surface area contributed by atoms with Crippen LogP contribution in [0.3, 0.4) is 0 Å². The average Bonchev–Trinajstić information content (AvgIpc) is 2.93. The van der Waals surface area contributed by atoms with E-state index in [-0.39, 0.29) is 0 Å². The molecule has 0 bridgehead atoms. The lowest BCUT2D eigenvalue weighted by molar-refractivity contribution is -0.132. The van der Waals surface area contributed by atoms with Crippen molar-refractivity contribution in [2.24, 2.45) is 34.0 Å². The first-order valence-corrected chi connectivity index (χ1v) is 10.8. The molecule has 0 aromatic rings. The van der Waals surface area contributed by atoms with Crippen molar-refractivity contribution in [1.29, 1.82) is 0 Å². The minimum atomic E-state index is 0.460. The largest absolute Gasteiger partial charge is 0.0995 e. The van der Waals surface area contributed by atoms with Crippen LogP contribution in [0.5, 0.6) is 0 Å². The van der Waals surface area contributed by atoms with Gasteiger partial charge in [-0.2, -0.15) is 0 Å². The molecule has 0 heteroatoms. The highest BCUT2D eigenvalue weighted by Gasteiger charge is 2.63. The highest BCUT2D eigenvalue weighted by atomic mass is 14.7. The summed E-state index contributed by atoms with van der Waals surface area (Å²) in [5.41, 5.74) is 4.81. The maximum absolute atomic E-state index is 4.73. The fourth-order valence-electron chi connectivity index (χ4n) is 8.48. The SMILES string of the molecule is C=C1CC2(CC)CCCCC2(C)C2CCC3(CC)C(=C)CCC3C12. The van der Waals surface area contributed by atoms with Crippen molar-refractivity contribution in [3.63, 3.8) is 0 Å². The first-order chi connectivity index (χ1) is 11.4. The summed E-state index contributed by atoms with van der Waals surface area (Å²) in [6.45, 7) is 16.9. The number of fused-ring (bicyclic) bond motifs is 5. The molecule has 4 fully saturated rings. The average molecular weight is 327 g/mol. The second kappa shape index (κ2) is 5.49. The summed E-state index contributed by atoms with van der Waals surface area (Å²) in [6, 6.07) is 0. The Hall–Kier alpha value is -0.520. The Bertz CT molecular complexity index is 556. The molecular formula is C24H38. The summed E-state index contributed by atoms with van der Waals surface area (Å²) in [5.74, 6) is 2.55. The zero-order valence-corrected chi connectivity index (χ0v) is 16.4. The molecule has 0 saturated heterocycles. The monoisotopic (exact) mass is 326 g/mol. The van der Waals surface area contributed by atoms with Crippen molar-refractivity contribution < 1.29 is 0 Å². The van der Waals surface area contributed by atoms with Crippen LogP contribution in [0.2, 0.25) is 0 Å². The zero-order chi connectivity index (χ0) is 17.2. The van der Waals surface area contributed by atoms with Gasteiger partial charge >= 0.3 is 0 Å². The van der Waals surface area contributed by atoms with Gasteiger partial charge in [0, 0.05) is 0 Å². The van der Waals surface area contributed by atoms with Crippen LogP contribution in [0.15, 0.2) is 24.3 Å². The lowest BCUT2D eigenvalue weighted by Gasteiger charge is -2.66. The molecular weight excluding hydrogens is 288 g/mol. The van der Waals surface area contributed by atoms with E-state index in [0.29, 0.717) is 16.2 Å². The molecule has 134 valence electrons. The number of hydrogen-bond acceptors (Lipinski definition) is 0. The lowest BCUT2D eigenvalue weighted by atomic mass is 9.38. The summed E-state index contributed by atoms with van der Waals surface area (Å²) in [5, 5.41) is 0. The van der Waals surface area contributed by atoms with Crippen LogP contribution < -0.4 is 0 Å². The predicted molar refractivity (Wildman–Crippen MR) is 104 cm³/mol. The van der Waals surface area contributed by atoms with Crippen LogP contribution in [-0.4, -0.2) is 0 Å². The fourth-order valence-corrected chi connectivity index (χ4v) is 8.48. The zero-order valence-electron chi connectivity index (χ0n) is 16.4. The van der Waals surface area contributed by atoms with Gasteiger partial charge in [-0.1, -0.05) is 57.9 Å². The van der Waals surface area contributed by atoms with Crippen LogP contribution in [0.25, 0.3) is 0 Å². The molecule has 4 rings (SSSR count).